The van der Waals surface area contributed by atoms with Crippen molar-refractivity contribution in [1.82, 2.24) is 0 Å². The summed E-state index contributed by atoms with van der Waals surface area (Å²) in [6.07, 6.45) is 8.89. The third-order valence-electron chi connectivity index (χ3n) is 6.99. The smallest absolute Gasteiger partial charge is 0.303 e. The largest absolute Gasteiger partial charge is 0.481 e. The molecule has 2 aliphatic rings. The number of amides is 1. The molecule has 0 saturated heterocycles. The van der Waals surface area contributed by atoms with Crippen LogP contribution in [0.4, 0.5) is 14.5 Å². The number of benzene rings is 2. The van der Waals surface area contributed by atoms with Crippen molar-refractivity contribution in [2.24, 2.45) is 10.1 Å². The number of aliphatic carboxylic acids is 1. The van der Waals surface area contributed by atoms with E-state index in [9.17, 15) is 18.4 Å². The predicted octanol–water partition coefficient (Wildman–Crippen LogP) is 7.23. The maximum atomic E-state index is 13.5. The lowest BCUT2D eigenvalue weighted by Gasteiger charge is -2.22. The first-order valence-electron chi connectivity index (χ1n) is 13.6. The van der Waals surface area contributed by atoms with Crippen molar-refractivity contribution in [3.63, 3.8) is 0 Å². The van der Waals surface area contributed by atoms with Crippen molar-refractivity contribution in [3.05, 3.63) is 101 Å². The third kappa shape index (κ3) is 8.30. The predicted molar refractivity (Wildman–Crippen MR) is 155 cm³/mol. The van der Waals surface area contributed by atoms with Crippen molar-refractivity contribution in [1.29, 1.82) is 0 Å². The Morgan fingerprint density at radius 2 is 1.66 bits per heavy atom. The Labute approximate surface area is 238 Å². The van der Waals surface area contributed by atoms with E-state index in [-0.39, 0.29) is 24.0 Å². The number of nitrogens with one attached hydrogen (secondary N) is 1. The minimum absolute atomic E-state index is 0.118. The van der Waals surface area contributed by atoms with Gasteiger partial charge in [-0.05, 0) is 94.0 Å². The molecule has 2 aromatic carbocycles. The molecule has 0 radical (unpaired) electrons. The van der Waals surface area contributed by atoms with E-state index in [1.54, 1.807) is 18.2 Å². The number of anilines is 1. The standard InChI is InChI=1S/C32H33F2N3O4/c1-21(5-3-4-6-30(38)39)35-28-16-9-22(31(40)36-27-17-14-26(34)15-18-27)7-8-23(19-28)29-20-32(2,41-37-29)24-10-12-25(33)13-11-24/h7-8,10-15,17-19H,3-6,9,16,20H2,1-2H3,(H,36,40)(H,38,39)/b22-7+,23-8+,28-19+,35-21+. The van der Waals surface area contributed by atoms with Crippen LogP contribution in [0.3, 0.4) is 0 Å². The molecule has 214 valence electrons. The molecule has 41 heavy (non-hydrogen) atoms. The number of oxime groups is 1. The highest BCUT2D eigenvalue weighted by Gasteiger charge is 2.37. The van der Waals surface area contributed by atoms with Gasteiger partial charge in [0.15, 0.2) is 5.60 Å². The molecule has 1 unspecified atom stereocenters. The van der Waals surface area contributed by atoms with Crippen molar-refractivity contribution in [2.75, 3.05) is 5.32 Å². The first-order chi connectivity index (χ1) is 19.6. The average Bonchev–Trinajstić information content (AvgIpc) is 3.32. The van der Waals surface area contributed by atoms with Crippen LogP contribution in [0.5, 0.6) is 0 Å². The van der Waals surface area contributed by atoms with Gasteiger partial charge in [-0.2, -0.15) is 0 Å². The molecule has 0 spiro atoms. The van der Waals surface area contributed by atoms with E-state index in [2.05, 4.69) is 10.5 Å². The van der Waals surface area contributed by atoms with Crippen LogP contribution in [0.1, 0.15) is 64.4 Å². The molecular weight excluding hydrogens is 528 g/mol. The zero-order chi connectivity index (χ0) is 29.4. The highest BCUT2D eigenvalue weighted by Crippen LogP contribution is 2.37. The van der Waals surface area contributed by atoms with Crippen LogP contribution in [0.15, 0.2) is 93.8 Å². The van der Waals surface area contributed by atoms with Gasteiger partial charge in [0.1, 0.15) is 11.6 Å². The summed E-state index contributed by atoms with van der Waals surface area (Å²) in [4.78, 5) is 34.6. The van der Waals surface area contributed by atoms with Gasteiger partial charge in [-0.15, -0.1) is 0 Å². The second-order valence-corrected chi connectivity index (χ2v) is 10.4. The number of carbonyl (C=O) groups is 2. The molecule has 1 aliphatic carbocycles. The van der Waals surface area contributed by atoms with Crippen LogP contribution in [0.2, 0.25) is 0 Å². The molecule has 2 N–H and O–H groups in total. The summed E-state index contributed by atoms with van der Waals surface area (Å²) in [6, 6.07) is 11.7. The summed E-state index contributed by atoms with van der Waals surface area (Å²) < 4.78 is 26.8. The number of carbonyl (C=O) groups excluding carboxylic acids is 1. The number of rotatable bonds is 10. The average molecular weight is 562 g/mol. The molecule has 0 fully saturated rings. The summed E-state index contributed by atoms with van der Waals surface area (Å²) in [5.74, 6) is -1.84. The van der Waals surface area contributed by atoms with Crippen LogP contribution < -0.4 is 5.32 Å². The Kier molecular flexibility index (Phi) is 9.60. The van der Waals surface area contributed by atoms with Gasteiger partial charge < -0.3 is 15.3 Å². The van der Waals surface area contributed by atoms with Gasteiger partial charge in [0.25, 0.3) is 5.91 Å². The lowest BCUT2D eigenvalue weighted by molar-refractivity contribution is -0.137. The number of aliphatic imine (C=N–C) groups is 1. The quantitative estimate of drug-likeness (QED) is 0.236. The fraction of sp³-hybridized carbons (Fsp3) is 0.312. The molecule has 1 amide bonds. The van der Waals surface area contributed by atoms with Crippen molar-refractivity contribution < 1.29 is 28.3 Å². The molecule has 0 aromatic heterocycles. The molecule has 1 heterocycles. The second kappa shape index (κ2) is 13.3. The van der Waals surface area contributed by atoms with E-state index >= 15 is 0 Å². The maximum Gasteiger partial charge on any atom is 0.303 e. The van der Waals surface area contributed by atoms with Gasteiger partial charge in [0.2, 0.25) is 0 Å². The topological polar surface area (TPSA) is 100 Å². The van der Waals surface area contributed by atoms with Crippen LogP contribution in [0, 0.1) is 11.6 Å². The summed E-state index contributed by atoms with van der Waals surface area (Å²) >= 11 is 0. The SMILES string of the molecule is C\C(CCCCC(=O)O)=N/C1=C/C(C2=NOC(C)(c3ccc(F)cc3)C2)=C\C=C(\C(=O)Nc2ccc(F)cc2)CC1. The minimum Gasteiger partial charge on any atom is -0.481 e. The van der Waals surface area contributed by atoms with Crippen LogP contribution >= 0.6 is 0 Å². The summed E-state index contributed by atoms with van der Waals surface area (Å²) in [7, 11) is 0. The Bertz CT molecular complexity index is 1440. The molecule has 9 heteroatoms. The third-order valence-corrected chi connectivity index (χ3v) is 6.99. The van der Waals surface area contributed by atoms with Crippen LogP contribution in [0.25, 0.3) is 0 Å². The monoisotopic (exact) mass is 561 g/mol. The zero-order valence-corrected chi connectivity index (χ0v) is 23.1. The molecular formula is C32H33F2N3O4. The van der Waals surface area contributed by atoms with E-state index in [1.807, 2.05) is 26.0 Å². The fourth-order valence-corrected chi connectivity index (χ4v) is 4.65. The van der Waals surface area contributed by atoms with Crippen LogP contribution in [-0.2, 0) is 20.0 Å². The minimum atomic E-state index is -0.817. The number of carboxylic acids is 1. The van der Waals surface area contributed by atoms with Crippen molar-refractivity contribution >= 4 is 29.0 Å². The molecule has 0 bridgehead atoms. The maximum absolute atomic E-state index is 13.5. The zero-order valence-electron chi connectivity index (χ0n) is 23.1. The first kappa shape index (κ1) is 29.6. The summed E-state index contributed by atoms with van der Waals surface area (Å²) in [5, 5.41) is 16.1. The van der Waals surface area contributed by atoms with Gasteiger partial charge in [0.05, 0.1) is 5.71 Å². The van der Waals surface area contributed by atoms with E-state index in [4.69, 9.17) is 14.9 Å². The number of allylic oxidation sites excluding steroid dienone is 5. The van der Waals surface area contributed by atoms with Gasteiger partial charge in [0, 0.05) is 41.1 Å². The number of nitrogens with zero attached hydrogens (tertiary/aromatic N) is 2. The highest BCUT2D eigenvalue weighted by molar-refractivity contribution is 6.06. The normalized spacial score (nSPS) is 23.0. The molecule has 7 nitrogen and oxygen atoms in total. The fourth-order valence-electron chi connectivity index (χ4n) is 4.65. The number of carboxylic acid groups (broad SMARTS) is 1. The van der Waals surface area contributed by atoms with E-state index < -0.39 is 11.6 Å². The summed E-state index contributed by atoms with van der Waals surface area (Å²) in [6.45, 7) is 3.80. The number of hydrogen-bond donors (Lipinski definition) is 2. The van der Waals surface area contributed by atoms with Gasteiger partial charge in [-0.3, -0.25) is 14.6 Å². The Hall–Kier alpha value is -4.40. The summed E-state index contributed by atoms with van der Waals surface area (Å²) in [5.41, 5.74) is 4.04. The van der Waals surface area contributed by atoms with Gasteiger partial charge in [-0.25, -0.2) is 8.78 Å². The van der Waals surface area contributed by atoms with E-state index in [0.29, 0.717) is 55.5 Å². The van der Waals surface area contributed by atoms with Crippen LogP contribution in [-0.4, -0.2) is 28.4 Å². The first-order valence-corrected chi connectivity index (χ1v) is 13.6. The molecule has 4 rings (SSSR count). The van der Waals surface area contributed by atoms with Crippen molar-refractivity contribution in [2.45, 2.75) is 64.4 Å². The number of halogens is 2. The van der Waals surface area contributed by atoms with Crippen molar-refractivity contribution in [3.8, 4) is 0 Å². The number of unbranched alkanes of at least 4 members (excludes halogenated alkanes) is 1. The van der Waals surface area contributed by atoms with Gasteiger partial charge >= 0.3 is 5.97 Å². The second-order valence-electron chi connectivity index (χ2n) is 10.4. The highest BCUT2D eigenvalue weighted by atomic mass is 19.1. The Morgan fingerprint density at radius 1 is 1.00 bits per heavy atom. The lowest BCUT2D eigenvalue weighted by Crippen LogP contribution is -2.22. The van der Waals surface area contributed by atoms with Gasteiger partial charge in [-0.1, -0.05) is 29.4 Å². The molecule has 1 atom stereocenters. The lowest BCUT2D eigenvalue weighted by atomic mass is 9.88. The Balaban J connectivity index is 1.58. The molecule has 2 aromatic rings. The Morgan fingerprint density at radius 3 is 2.34 bits per heavy atom. The molecule has 0 saturated carbocycles. The van der Waals surface area contributed by atoms with E-state index in [1.165, 1.54) is 36.4 Å². The number of hydrogen-bond acceptors (Lipinski definition) is 5. The van der Waals surface area contributed by atoms with E-state index in [0.717, 1.165) is 22.5 Å². The molecule has 1 aliphatic heterocycles.